The van der Waals surface area contributed by atoms with Gasteiger partial charge < -0.3 is 15.0 Å². The average Bonchev–Trinajstić information content (AvgIpc) is 3.81. The highest BCUT2D eigenvalue weighted by Crippen LogP contribution is 2.36. The van der Waals surface area contributed by atoms with Gasteiger partial charge in [-0.15, -0.1) is 0 Å². The predicted octanol–water partition coefficient (Wildman–Crippen LogP) is 4.91. The molecule has 2 saturated heterocycles. The number of aromatic nitrogens is 5. The van der Waals surface area contributed by atoms with Crippen LogP contribution in [-0.4, -0.2) is 91.9 Å². The molecule has 4 aliphatic rings. The predicted molar refractivity (Wildman–Crippen MR) is 199 cm³/mol. The number of imidazole rings is 1. The number of nitrogens with one attached hydrogen (secondary N) is 2. The van der Waals surface area contributed by atoms with E-state index in [0.717, 1.165) is 75.5 Å². The van der Waals surface area contributed by atoms with E-state index >= 15 is 8.78 Å². The molecular formula is C40H43F2N9O4. The van der Waals surface area contributed by atoms with Crippen LogP contribution in [-0.2, 0) is 9.59 Å². The Morgan fingerprint density at radius 3 is 2.47 bits per heavy atom. The average molecular weight is 752 g/mol. The smallest absolute Gasteiger partial charge is 0.251 e. The zero-order valence-electron chi connectivity index (χ0n) is 30.4. The lowest BCUT2D eigenvalue weighted by molar-refractivity contribution is -0.134. The van der Waals surface area contributed by atoms with E-state index in [1.54, 1.807) is 21.6 Å². The first-order chi connectivity index (χ1) is 26.8. The maximum atomic E-state index is 15.1. The zero-order chi connectivity index (χ0) is 37.6. The lowest BCUT2D eigenvalue weighted by Gasteiger charge is -2.37. The summed E-state index contributed by atoms with van der Waals surface area (Å²) in [6.07, 6.45) is 10.7. The lowest BCUT2D eigenvalue weighted by Crippen LogP contribution is -2.47. The molecule has 4 fully saturated rings. The van der Waals surface area contributed by atoms with E-state index in [0.29, 0.717) is 47.6 Å². The van der Waals surface area contributed by atoms with Crippen LogP contribution < -0.4 is 20.3 Å². The summed E-state index contributed by atoms with van der Waals surface area (Å²) in [6, 6.07) is 12.0. The van der Waals surface area contributed by atoms with Crippen LogP contribution in [0.1, 0.15) is 79.6 Å². The number of amides is 3. The molecule has 0 spiro atoms. The molecular weight excluding hydrogens is 708 g/mol. The van der Waals surface area contributed by atoms with Gasteiger partial charge in [0.05, 0.1) is 23.0 Å². The Bertz CT molecular complexity index is 2250. The number of fused-ring (bicyclic) bond motifs is 2. The van der Waals surface area contributed by atoms with Gasteiger partial charge in [0, 0.05) is 61.7 Å². The zero-order valence-corrected chi connectivity index (χ0v) is 30.4. The number of carbonyl (C=O) groups excluding carboxylic acids is 3. The van der Waals surface area contributed by atoms with Gasteiger partial charge in [0.25, 0.3) is 5.91 Å². The van der Waals surface area contributed by atoms with E-state index in [1.165, 1.54) is 12.1 Å². The van der Waals surface area contributed by atoms with Crippen molar-refractivity contribution in [2.45, 2.75) is 75.9 Å². The molecule has 2 aliphatic carbocycles. The number of halogens is 2. The van der Waals surface area contributed by atoms with Crippen molar-refractivity contribution in [3.8, 4) is 11.7 Å². The summed E-state index contributed by atoms with van der Waals surface area (Å²) in [5.74, 6) is -1.85. The molecule has 13 nitrogen and oxygen atoms in total. The number of imide groups is 1. The largest absolute Gasteiger partial charge is 0.474 e. The van der Waals surface area contributed by atoms with E-state index < -0.39 is 29.4 Å². The molecule has 55 heavy (non-hydrogen) atoms. The molecule has 286 valence electrons. The number of piperidine rings is 1. The number of rotatable bonds is 10. The second kappa shape index (κ2) is 14.7. The third kappa shape index (κ3) is 7.24. The third-order valence-electron chi connectivity index (χ3n) is 11.6. The molecule has 2 saturated carbocycles. The molecule has 3 amide bonds. The monoisotopic (exact) mass is 751 g/mol. The standard InChI is InChI=1S/C40H43F2N9O4/c41-31-21-27(22-32(42)37(31)29-10-12-35(52)46-39(29)54)49-18-16-48(17-19-49)15-13-24-3-6-26(7-4-24)45-38(53)25-5-11-33-30(20-25)40(55-28-8-9-28)51(47-33)36-23-43-34-2-1-14-44-50(34)36/h1-2,5,11,14,20-24,26,28-29H,3-4,6-10,12-13,15-19H2,(H,45,53)(H,46,52,54). The van der Waals surface area contributed by atoms with Crippen LogP contribution in [0, 0.1) is 17.6 Å². The Labute approximate surface area is 316 Å². The van der Waals surface area contributed by atoms with Crippen LogP contribution in [0.4, 0.5) is 14.5 Å². The van der Waals surface area contributed by atoms with Crippen molar-refractivity contribution < 1.29 is 27.9 Å². The molecule has 5 heterocycles. The van der Waals surface area contributed by atoms with E-state index in [-0.39, 0.29) is 36.5 Å². The van der Waals surface area contributed by atoms with Crippen LogP contribution in [0.3, 0.4) is 0 Å². The second-order valence-corrected chi connectivity index (χ2v) is 15.3. The van der Waals surface area contributed by atoms with Gasteiger partial charge in [-0.2, -0.15) is 19.4 Å². The quantitative estimate of drug-likeness (QED) is 0.191. The Hall–Kier alpha value is -5.44. The minimum atomic E-state index is -1.00. The maximum absolute atomic E-state index is 15.1. The number of hydrogen-bond acceptors (Lipinski definition) is 9. The highest BCUT2D eigenvalue weighted by atomic mass is 19.1. The summed E-state index contributed by atoms with van der Waals surface area (Å²) in [7, 11) is 0. The molecule has 2 N–H and O–H groups in total. The van der Waals surface area contributed by atoms with Crippen LogP contribution in [0.5, 0.6) is 5.88 Å². The fraction of sp³-hybridized carbons (Fsp3) is 0.450. The van der Waals surface area contributed by atoms with Gasteiger partial charge in [0.15, 0.2) is 11.5 Å². The van der Waals surface area contributed by atoms with Crippen molar-refractivity contribution in [2.24, 2.45) is 5.92 Å². The molecule has 2 aliphatic heterocycles. The van der Waals surface area contributed by atoms with Crippen LogP contribution in [0.15, 0.2) is 54.9 Å². The number of benzene rings is 2. The van der Waals surface area contributed by atoms with Crippen molar-refractivity contribution in [1.29, 1.82) is 0 Å². The first kappa shape index (κ1) is 35.3. The highest BCUT2D eigenvalue weighted by Gasteiger charge is 2.34. The fourth-order valence-electron chi connectivity index (χ4n) is 8.29. The number of ether oxygens (including phenoxy) is 1. The van der Waals surface area contributed by atoms with Gasteiger partial charge >= 0.3 is 0 Å². The van der Waals surface area contributed by atoms with E-state index in [2.05, 4.69) is 25.6 Å². The van der Waals surface area contributed by atoms with Gasteiger partial charge in [-0.25, -0.2) is 13.8 Å². The van der Waals surface area contributed by atoms with Gasteiger partial charge in [0.2, 0.25) is 17.7 Å². The van der Waals surface area contributed by atoms with Crippen molar-refractivity contribution in [2.75, 3.05) is 37.6 Å². The van der Waals surface area contributed by atoms with Crippen molar-refractivity contribution >= 4 is 40.0 Å². The molecule has 1 unspecified atom stereocenters. The van der Waals surface area contributed by atoms with Crippen LogP contribution in [0.25, 0.3) is 22.4 Å². The molecule has 5 aromatic rings. The van der Waals surface area contributed by atoms with Gasteiger partial charge in [0.1, 0.15) is 17.7 Å². The van der Waals surface area contributed by atoms with E-state index in [1.807, 2.05) is 35.2 Å². The van der Waals surface area contributed by atoms with Crippen molar-refractivity contribution in [1.82, 2.24) is 39.9 Å². The molecule has 3 aromatic heterocycles. The molecule has 1 atom stereocenters. The molecule has 0 radical (unpaired) electrons. The second-order valence-electron chi connectivity index (χ2n) is 15.3. The van der Waals surface area contributed by atoms with Crippen LogP contribution in [0.2, 0.25) is 0 Å². The molecule has 9 rings (SSSR count). The van der Waals surface area contributed by atoms with Gasteiger partial charge in [-0.3, -0.25) is 24.6 Å². The van der Waals surface area contributed by atoms with Gasteiger partial charge in [-0.1, -0.05) is 0 Å². The summed E-state index contributed by atoms with van der Waals surface area (Å²) < 4.78 is 40.1. The summed E-state index contributed by atoms with van der Waals surface area (Å²) in [5.41, 5.74) is 2.20. The lowest BCUT2D eigenvalue weighted by atomic mass is 9.84. The Morgan fingerprint density at radius 2 is 1.73 bits per heavy atom. The SMILES string of the molecule is O=C1CCC(c2c(F)cc(N3CCN(CCC4CCC(NC(=O)c5ccc6nn(-c7cnc8cccnn78)c(OC7CC7)c6c5)CC4)CC3)cc2F)C(=O)N1. The summed E-state index contributed by atoms with van der Waals surface area (Å²) >= 11 is 0. The number of carbonyl (C=O) groups is 3. The molecule has 0 bridgehead atoms. The van der Waals surface area contributed by atoms with E-state index in [9.17, 15) is 14.4 Å². The minimum Gasteiger partial charge on any atom is -0.474 e. The third-order valence-corrected chi connectivity index (χ3v) is 11.6. The Morgan fingerprint density at radius 1 is 0.945 bits per heavy atom. The van der Waals surface area contributed by atoms with E-state index in [4.69, 9.17) is 9.84 Å². The van der Waals surface area contributed by atoms with Crippen molar-refractivity contribution in [3.05, 3.63) is 77.6 Å². The first-order valence-corrected chi connectivity index (χ1v) is 19.4. The normalized spacial score (nSPS) is 22.3. The van der Waals surface area contributed by atoms with Crippen molar-refractivity contribution in [3.63, 3.8) is 0 Å². The van der Waals surface area contributed by atoms with Gasteiger partial charge in [-0.05, 0) is 106 Å². The maximum Gasteiger partial charge on any atom is 0.251 e. The number of nitrogens with zero attached hydrogens (tertiary/aromatic N) is 7. The molecule has 2 aromatic carbocycles. The summed E-state index contributed by atoms with van der Waals surface area (Å²) in [5, 5.41) is 15.5. The minimum absolute atomic E-state index is 0.0610. The summed E-state index contributed by atoms with van der Waals surface area (Å²) in [4.78, 5) is 46.1. The topological polar surface area (TPSA) is 139 Å². The number of anilines is 1. The highest BCUT2D eigenvalue weighted by molar-refractivity contribution is 6.01. The van der Waals surface area contributed by atoms with Crippen LogP contribution >= 0.6 is 0 Å². The first-order valence-electron chi connectivity index (χ1n) is 19.4. The fourth-order valence-corrected chi connectivity index (χ4v) is 8.29. The Balaban J connectivity index is 0.762. The summed E-state index contributed by atoms with van der Waals surface area (Å²) in [6.45, 7) is 3.82. The number of piperazine rings is 1. The molecule has 15 heteroatoms. The number of hydrogen-bond donors (Lipinski definition) is 2. The Kier molecular flexibility index (Phi) is 9.40.